The second kappa shape index (κ2) is 8.28. The molecule has 1 aromatic heterocycles. The Labute approximate surface area is 160 Å². The van der Waals surface area contributed by atoms with Gasteiger partial charge in [0.25, 0.3) is 11.6 Å². The van der Waals surface area contributed by atoms with E-state index in [0.29, 0.717) is 22.6 Å². The molecule has 2 N–H and O–H groups in total. The summed E-state index contributed by atoms with van der Waals surface area (Å²) in [7, 11) is 0. The van der Waals surface area contributed by atoms with E-state index < -0.39 is 16.9 Å². The molecule has 28 heavy (non-hydrogen) atoms. The highest BCUT2D eigenvalue weighted by atomic mass is 16.6. The van der Waals surface area contributed by atoms with Crippen LogP contribution in [0.15, 0.2) is 70.2 Å². The summed E-state index contributed by atoms with van der Waals surface area (Å²) >= 11 is 0. The number of nitro groups is 1. The zero-order valence-electron chi connectivity index (χ0n) is 14.9. The van der Waals surface area contributed by atoms with Crippen LogP contribution in [0.2, 0.25) is 0 Å². The van der Waals surface area contributed by atoms with E-state index in [-0.39, 0.29) is 5.69 Å². The number of carbonyl (C=O) groups excluding carboxylic acids is 1. The number of furan rings is 1. The Kier molecular flexibility index (Phi) is 5.61. The van der Waals surface area contributed by atoms with Gasteiger partial charge in [0.05, 0.1) is 11.1 Å². The molecule has 1 amide bonds. The Morgan fingerprint density at radius 1 is 1.21 bits per heavy atom. The van der Waals surface area contributed by atoms with Crippen LogP contribution in [0.5, 0.6) is 0 Å². The highest BCUT2D eigenvalue weighted by Crippen LogP contribution is 2.28. The largest absolute Gasteiger partial charge is 0.455 e. The third kappa shape index (κ3) is 4.30. The minimum absolute atomic E-state index is 0.0330. The standard InChI is InChI=1S/C20H17N3O5/c1-13-7-8-15(23(26)27)11-17(13)18-10-9-16(28-18)12-21-22-20(25)19(24)14-5-3-2-4-6-14/h2-12,19,24H,1H3,(H,22,25)/b21-12-/t19-/m0/s1. The molecule has 0 radical (unpaired) electrons. The number of non-ortho nitro benzene ring substituents is 1. The number of aliphatic hydroxyl groups excluding tert-OH is 1. The average Bonchev–Trinajstić information content (AvgIpc) is 3.16. The van der Waals surface area contributed by atoms with Crippen molar-refractivity contribution in [1.29, 1.82) is 0 Å². The molecule has 0 saturated heterocycles. The summed E-state index contributed by atoms with van der Waals surface area (Å²) in [4.78, 5) is 22.4. The fourth-order valence-electron chi connectivity index (χ4n) is 2.56. The number of aryl methyl sites for hydroxylation is 1. The minimum atomic E-state index is -1.34. The van der Waals surface area contributed by atoms with Gasteiger partial charge >= 0.3 is 0 Å². The lowest BCUT2D eigenvalue weighted by Gasteiger charge is -2.08. The second-order valence-corrected chi connectivity index (χ2v) is 6.01. The number of nitrogens with zero attached hydrogens (tertiary/aromatic N) is 2. The zero-order valence-corrected chi connectivity index (χ0v) is 14.9. The number of amides is 1. The van der Waals surface area contributed by atoms with Gasteiger partial charge in [-0.3, -0.25) is 14.9 Å². The number of rotatable bonds is 6. The van der Waals surface area contributed by atoms with Gasteiger partial charge in [-0.25, -0.2) is 5.43 Å². The first-order valence-electron chi connectivity index (χ1n) is 8.37. The zero-order chi connectivity index (χ0) is 20.1. The Bertz CT molecular complexity index is 1030. The second-order valence-electron chi connectivity index (χ2n) is 6.01. The number of aliphatic hydroxyl groups is 1. The Morgan fingerprint density at radius 2 is 1.96 bits per heavy atom. The summed E-state index contributed by atoms with van der Waals surface area (Å²) < 4.78 is 5.63. The molecule has 0 spiro atoms. The van der Waals surface area contributed by atoms with Crippen molar-refractivity contribution >= 4 is 17.8 Å². The van der Waals surface area contributed by atoms with Crippen LogP contribution < -0.4 is 5.43 Å². The van der Waals surface area contributed by atoms with Gasteiger partial charge < -0.3 is 9.52 Å². The number of hydrogen-bond donors (Lipinski definition) is 2. The first kappa shape index (κ1) is 19.0. The van der Waals surface area contributed by atoms with Crippen LogP contribution >= 0.6 is 0 Å². The van der Waals surface area contributed by atoms with E-state index in [0.717, 1.165) is 5.56 Å². The van der Waals surface area contributed by atoms with Crippen LogP contribution in [0.4, 0.5) is 5.69 Å². The maximum atomic E-state index is 11.9. The normalized spacial score (nSPS) is 12.1. The summed E-state index contributed by atoms with van der Waals surface area (Å²) in [6.45, 7) is 1.82. The van der Waals surface area contributed by atoms with Crippen molar-refractivity contribution in [3.8, 4) is 11.3 Å². The van der Waals surface area contributed by atoms with Crippen molar-refractivity contribution in [2.24, 2.45) is 5.10 Å². The van der Waals surface area contributed by atoms with Gasteiger partial charge in [-0.1, -0.05) is 36.4 Å². The quantitative estimate of drug-likeness (QED) is 0.387. The molecule has 1 atom stereocenters. The van der Waals surface area contributed by atoms with E-state index in [4.69, 9.17) is 4.42 Å². The van der Waals surface area contributed by atoms with Gasteiger partial charge in [-0.05, 0) is 30.2 Å². The number of hydrogen-bond acceptors (Lipinski definition) is 6. The first-order chi connectivity index (χ1) is 13.5. The highest BCUT2D eigenvalue weighted by molar-refractivity contribution is 5.84. The molecule has 8 heteroatoms. The molecule has 1 heterocycles. The maximum absolute atomic E-state index is 11.9. The lowest BCUT2D eigenvalue weighted by molar-refractivity contribution is -0.384. The molecular weight excluding hydrogens is 362 g/mol. The molecule has 0 bridgehead atoms. The molecule has 3 rings (SSSR count). The lowest BCUT2D eigenvalue weighted by atomic mass is 10.1. The summed E-state index contributed by atoms with van der Waals surface area (Å²) in [5.74, 6) is 0.109. The van der Waals surface area contributed by atoms with Crippen LogP contribution in [0, 0.1) is 17.0 Å². The van der Waals surface area contributed by atoms with Crippen LogP contribution in [-0.4, -0.2) is 22.2 Å². The Hall–Kier alpha value is -3.78. The van der Waals surface area contributed by atoms with Crippen molar-refractivity contribution in [1.82, 2.24) is 5.43 Å². The van der Waals surface area contributed by atoms with Crippen LogP contribution in [0.1, 0.15) is 23.0 Å². The SMILES string of the molecule is Cc1ccc([N+](=O)[O-])cc1-c1ccc(/C=N\NC(=O)[C@@H](O)c2ccccc2)o1. The predicted octanol–water partition coefficient (Wildman–Crippen LogP) is 3.35. The molecule has 0 unspecified atom stereocenters. The predicted molar refractivity (Wildman–Crippen MR) is 103 cm³/mol. The Morgan fingerprint density at radius 3 is 2.68 bits per heavy atom. The number of benzene rings is 2. The fraction of sp³-hybridized carbons (Fsp3) is 0.100. The minimum Gasteiger partial charge on any atom is -0.455 e. The summed E-state index contributed by atoms with van der Waals surface area (Å²) in [5, 5.41) is 24.7. The fourth-order valence-corrected chi connectivity index (χ4v) is 2.56. The van der Waals surface area contributed by atoms with Crippen molar-refractivity contribution < 1.29 is 19.2 Å². The van der Waals surface area contributed by atoms with Crippen molar-refractivity contribution in [2.45, 2.75) is 13.0 Å². The number of hydrazone groups is 1. The van der Waals surface area contributed by atoms with Crippen molar-refractivity contribution in [3.63, 3.8) is 0 Å². The molecular formula is C20H17N3O5. The monoisotopic (exact) mass is 379 g/mol. The van der Waals surface area contributed by atoms with Gasteiger partial charge in [0.1, 0.15) is 11.5 Å². The van der Waals surface area contributed by atoms with Gasteiger partial charge in [-0.15, -0.1) is 0 Å². The topological polar surface area (TPSA) is 118 Å². The van der Waals surface area contributed by atoms with E-state index >= 15 is 0 Å². The molecule has 142 valence electrons. The summed E-state index contributed by atoms with van der Waals surface area (Å²) in [6.07, 6.45) is -0.0516. The van der Waals surface area contributed by atoms with Crippen LogP contribution in [-0.2, 0) is 4.79 Å². The van der Waals surface area contributed by atoms with E-state index in [1.807, 2.05) is 6.92 Å². The van der Waals surface area contributed by atoms with Gasteiger partial charge in [0.2, 0.25) is 0 Å². The molecule has 0 aliphatic rings. The third-order valence-corrected chi connectivity index (χ3v) is 4.05. The van der Waals surface area contributed by atoms with E-state index in [1.165, 1.54) is 18.3 Å². The molecule has 0 saturated carbocycles. The number of nitrogens with one attached hydrogen (secondary N) is 1. The molecule has 0 fully saturated rings. The van der Waals surface area contributed by atoms with Crippen molar-refractivity contribution in [3.05, 3.63) is 87.7 Å². The molecule has 3 aromatic rings. The highest BCUT2D eigenvalue weighted by Gasteiger charge is 2.16. The summed E-state index contributed by atoms with van der Waals surface area (Å²) in [6, 6.07) is 16.3. The summed E-state index contributed by atoms with van der Waals surface area (Å²) in [5.41, 5.74) is 4.08. The van der Waals surface area contributed by atoms with Crippen LogP contribution in [0.3, 0.4) is 0 Å². The van der Waals surface area contributed by atoms with E-state index in [2.05, 4.69) is 10.5 Å². The molecule has 0 aliphatic heterocycles. The number of nitro benzene ring substituents is 1. The molecule has 0 aliphatic carbocycles. The van der Waals surface area contributed by atoms with Gasteiger partial charge in [0.15, 0.2) is 6.10 Å². The third-order valence-electron chi connectivity index (χ3n) is 4.05. The molecule has 8 nitrogen and oxygen atoms in total. The molecule has 2 aromatic carbocycles. The smallest absolute Gasteiger partial charge is 0.273 e. The van der Waals surface area contributed by atoms with Crippen molar-refractivity contribution in [2.75, 3.05) is 0 Å². The van der Waals surface area contributed by atoms with Gasteiger partial charge in [-0.2, -0.15) is 5.10 Å². The number of carbonyl (C=O) groups is 1. The van der Waals surface area contributed by atoms with E-state index in [9.17, 15) is 20.0 Å². The van der Waals surface area contributed by atoms with Crippen LogP contribution in [0.25, 0.3) is 11.3 Å². The van der Waals surface area contributed by atoms with Gasteiger partial charge in [0, 0.05) is 17.7 Å². The van der Waals surface area contributed by atoms with E-state index in [1.54, 1.807) is 48.5 Å². The maximum Gasteiger partial charge on any atom is 0.273 e. The lowest BCUT2D eigenvalue weighted by Crippen LogP contribution is -2.25. The average molecular weight is 379 g/mol. The Balaban J connectivity index is 1.69. The first-order valence-corrected chi connectivity index (χ1v) is 8.37.